The van der Waals surface area contributed by atoms with E-state index in [9.17, 15) is 22.4 Å². The zero-order valence-electron chi connectivity index (χ0n) is 15.3. The van der Waals surface area contributed by atoms with Gasteiger partial charge in [-0.1, -0.05) is 35.6 Å². The summed E-state index contributed by atoms with van der Waals surface area (Å²) in [4.78, 5) is 17.8. The number of hydrogen-bond acceptors (Lipinski definition) is 4. The van der Waals surface area contributed by atoms with Gasteiger partial charge in [0.1, 0.15) is 12.4 Å². The van der Waals surface area contributed by atoms with Crippen LogP contribution in [0.2, 0.25) is 0 Å². The predicted molar refractivity (Wildman–Crippen MR) is 104 cm³/mol. The summed E-state index contributed by atoms with van der Waals surface area (Å²) >= 11 is 1.34. The van der Waals surface area contributed by atoms with Crippen molar-refractivity contribution in [1.82, 2.24) is 19.7 Å². The van der Waals surface area contributed by atoms with Crippen LogP contribution in [0.3, 0.4) is 0 Å². The number of nitrogens with zero attached hydrogens (tertiary/aromatic N) is 4. The van der Waals surface area contributed by atoms with Crippen molar-refractivity contribution in [1.29, 1.82) is 0 Å². The highest BCUT2D eigenvalue weighted by Gasteiger charge is 2.34. The van der Waals surface area contributed by atoms with Gasteiger partial charge in [-0.2, -0.15) is 18.3 Å². The van der Waals surface area contributed by atoms with Crippen molar-refractivity contribution in [2.75, 3.05) is 6.54 Å². The number of fused-ring (bicyclic) bond motifs is 1. The van der Waals surface area contributed by atoms with Crippen LogP contribution in [0.5, 0.6) is 0 Å². The topological polar surface area (TPSA) is 51.0 Å². The molecule has 10 heteroatoms. The highest BCUT2D eigenvalue weighted by atomic mass is 32.1. The molecule has 0 aliphatic carbocycles. The van der Waals surface area contributed by atoms with Crippen LogP contribution >= 0.6 is 11.3 Å². The fourth-order valence-electron chi connectivity index (χ4n) is 2.95. The molecule has 0 fully saturated rings. The molecule has 0 radical (unpaired) electrons. The summed E-state index contributed by atoms with van der Waals surface area (Å²) in [6, 6.07) is 12.5. The molecule has 0 aliphatic rings. The van der Waals surface area contributed by atoms with Crippen LogP contribution < -0.4 is 0 Å². The first-order valence-electron chi connectivity index (χ1n) is 8.79. The van der Waals surface area contributed by atoms with Crippen LogP contribution in [0.1, 0.15) is 15.9 Å². The van der Waals surface area contributed by atoms with Crippen molar-refractivity contribution in [2.24, 2.45) is 0 Å². The Morgan fingerprint density at radius 3 is 2.67 bits per heavy atom. The normalized spacial score (nSPS) is 11.7. The lowest BCUT2D eigenvalue weighted by atomic mass is 10.2. The molecule has 4 aromatic rings. The number of rotatable bonds is 5. The molecule has 154 valence electrons. The summed E-state index contributed by atoms with van der Waals surface area (Å²) < 4.78 is 54.8. The highest BCUT2D eigenvalue weighted by molar-refractivity contribution is 7.20. The number of amides is 1. The number of aromatic nitrogens is 3. The Bertz CT molecular complexity index is 1170. The predicted octanol–water partition coefficient (Wildman–Crippen LogP) is 4.83. The fourth-order valence-corrected chi connectivity index (χ4v) is 3.85. The Morgan fingerprint density at radius 2 is 1.93 bits per heavy atom. The van der Waals surface area contributed by atoms with E-state index in [-0.39, 0.29) is 17.7 Å². The molecule has 0 atom stereocenters. The molecule has 0 spiro atoms. The second-order valence-electron chi connectivity index (χ2n) is 6.54. The van der Waals surface area contributed by atoms with Gasteiger partial charge in [0.25, 0.3) is 5.91 Å². The van der Waals surface area contributed by atoms with Gasteiger partial charge in [-0.05, 0) is 29.8 Å². The molecule has 1 amide bonds. The van der Waals surface area contributed by atoms with Crippen LogP contribution in [0.4, 0.5) is 17.6 Å². The summed E-state index contributed by atoms with van der Waals surface area (Å²) in [5, 5.41) is 4.57. The van der Waals surface area contributed by atoms with Gasteiger partial charge in [-0.25, -0.2) is 14.1 Å². The summed E-state index contributed by atoms with van der Waals surface area (Å²) in [6.45, 7) is -1.85. The monoisotopic (exact) mass is 434 g/mol. The smallest absolute Gasteiger partial charge is 0.325 e. The summed E-state index contributed by atoms with van der Waals surface area (Å²) in [6.07, 6.45) is -2.07. The molecule has 0 bridgehead atoms. The standard InChI is InChI=1S/C20H14F4N4OS/c21-15-5-3-4-13(8-15)10-27(12-20(22,23)24)18(29)14-9-25-28(11-14)19-26-16-6-1-2-7-17(16)30-19/h1-9,11H,10,12H2. The van der Waals surface area contributed by atoms with E-state index >= 15 is 0 Å². The van der Waals surface area contributed by atoms with E-state index < -0.39 is 24.4 Å². The lowest BCUT2D eigenvalue weighted by Gasteiger charge is -2.23. The SMILES string of the molecule is O=C(c1cnn(-c2nc3ccccc3s2)c1)N(Cc1cccc(F)c1)CC(F)(F)F. The van der Waals surface area contributed by atoms with E-state index in [1.54, 1.807) is 0 Å². The molecular weight excluding hydrogens is 420 g/mol. The van der Waals surface area contributed by atoms with E-state index in [1.807, 2.05) is 24.3 Å². The van der Waals surface area contributed by atoms with Crippen LogP contribution in [0.15, 0.2) is 60.9 Å². The van der Waals surface area contributed by atoms with Crippen LogP contribution in [-0.4, -0.2) is 38.3 Å². The number of alkyl halides is 3. The molecule has 30 heavy (non-hydrogen) atoms. The van der Waals surface area contributed by atoms with Gasteiger partial charge in [-0.15, -0.1) is 0 Å². The molecular formula is C20H14F4N4OS. The largest absolute Gasteiger partial charge is 0.406 e. The van der Waals surface area contributed by atoms with Crippen molar-refractivity contribution in [3.05, 3.63) is 77.9 Å². The molecule has 5 nitrogen and oxygen atoms in total. The summed E-state index contributed by atoms with van der Waals surface area (Å²) in [5.74, 6) is -1.44. The molecule has 4 rings (SSSR count). The molecule has 0 unspecified atom stereocenters. The molecule has 0 saturated heterocycles. The minimum atomic E-state index is -4.61. The number of para-hydroxylation sites is 1. The number of halogens is 4. The maximum Gasteiger partial charge on any atom is 0.406 e. The average Bonchev–Trinajstić information content (AvgIpc) is 3.33. The minimum absolute atomic E-state index is 0.0186. The van der Waals surface area contributed by atoms with Crippen molar-refractivity contribution in [3.8, 4) is 5.13 Å². The molecule has 2 aromatic heterocycles. The van der Waals surface area contributed by atoms with E-state index in [2.05, 4.69) is 10.1 Å². The van der Waals surface area contributed by atoms with Crippen molar-refractivity contribution in [3.63, 3.8) is 0 Å². The van der Waals surface area contributed by atoms with Crippen molar-refractivity contribution >= 4 is 27.5 Å². The van der Waals surface area contributed by atoms with Gasteiger partial charge in [0.2, 0.25) is 5.13 Å². The second-order valence-corrected chi connectivity index (χ2v) is 7.55. The third-order valence-electron chi connectivity index (χ3n) is 4.23. The quantitative estimate of drug-likeness (QED) is 0.423. The van der Waals surface area contributed by atoms with Crippen LogP contribution in [-0.2, 0) is 6.54 Å². The Morgan fingerprint density at radius 1 is 1.13 bits per heavy atom. The third-order valence-corrected chi connectivity index (χ3v) is 5.25. The van der Waals surface area contributed by atoms with Crippen LogP contribution in [0.25, 0.3) is 15.3 Å². The van der Waals surface area contributed by atoms with Gasteiger partial charge in [0.15, 0.2) is 0 Å². The minimum Gasteiger partial charge on any atom is -0.325 e. The molecule has 0 N–H and O–H groups in total. The van der Waals surface area contributed by atoms with Gasteiger partial charge in [-0.3, -0.25) is 4.79 Å². The van der Waals surface area contributed by atoms with Gasteiger partial charge in [0.05, 0.1) is 22.0 Å². The fraction of sp³-hybridized carbons (Fsp3) is 0.150. The Kier molecular flexibility index (Phi) is 5.25. The number of benzene rings is 2. The average molecular weight is 434 g/mol. The molecule has 0 aliphatic heterocycles. The Hall–Kier alpha value is -3.27. The van der Waals surface area contributed by atoms with Crippen molar-refractivity contribution in [2.45, 2.75) is 12.7 Å². The molecule has 2 heterocycles. The first-order chi connectivity index (χ1) is 14.3. The number of thiazole rings is 1. The molecule has 0 saturated carbocycles. The number of carbonyl (C=O) groups is 1. The van der Waals surface area contributed by atoms with Crippen molar-refractivity contribution < 1.29 is 22.4 Å². The zero-order chi connectivity index (χ0) is 21.3. The number of carbonyl (C=O) groups excluding carboxylic acids is 1. The highest BCUT2D eigenvalue weighted by Crippen LogP contribution is 2.25. The first kappa shape index (κ1) is 20.0. The maximum atomic E-state index is 13.4. The Balaban J connectivity index is 1.61. The zero-order valence-corrected chi connectivity index (χ0v) is 16.1. The van der Waals surface area contributed by atoms with E-state index in [1.165, 1.54) is 46.6 Å². The first-order valence-corrected chi connectivity index (χ1v) is 9.61. The molecule has 2 aromatic carbocycles. The number of hydrogen-bond donors (Lipinski definition) is 0. The lowest BCUT2D eigenvalue weighted by molar-refractivity contribution is -0.141. The summed E-state index contributed by atoms with van der Waals surface area (Å²) in [5.41, 5.74) is 0.992. The van der Waals surface area contributed by atoms with Gasteiger partial charge in [0, 0.05) is 12.7 Å². The van der Waals surface area contributed by atoms with E-state index in [4.69, 9.17) is 0 Å². The van der Waals surface area contributed by atoms with Gasteiger partial charge < -0.3 is 4.90 Å². The van der Waals surface area contributed by atoms with E-state index in [0.29, 0.717) is 10.0 Å². The maximum absolute atomic E-state index is 13.4. The van der Waals surface area contributed by atoms with E-state index in [0.717, 1.165) is 16.3 Å². The third kappa shape index (κ3) is 4.48. The summed E-state index contributed by atoms with van der Waals surface area (Å²) in [7, 11) is 0. The Labute approximate surface area is 172 Å². The van der Waals surface area contributed by atoms with Crippen LogP contribution in [0, 0.1) is 5.82 Å². The van der Waals surface area contributed by atoms with Gasteiger partial charge >= 0.3 is 6.18 Å². The lowest BCUT2D eigenvalue weighted by Crippen LogP contribution is -2.38. The second kappa shape index (κ2) is 7.86.